The number of carbonyl (C=O) groups excluding carboxylic acids is 1. The molecule has 0 bridgehead atoms. The molecule has 0 spiro atoms. The minimum Gasteiger partial charge on any atom is -0.351 e. The van der Waals surface area contributed by atoms with Crippen LogP contribution in [0.1, 0.15) is 18.4 Å². The summed E-state index contributed by atoms with van der Waals surface area (Å²) >= 11 is 2.02. The summed E-state index contributed by atoms with van der Waals surface area (Å²) in [7, 11) is 2.01. The van der Waals surface area contributed by atoms with E-state index in [0.29, 0.717) is 12.6 Å². The minimum absolute atomic E-state index is 0.0260. The number of nitrogens with zero attached hydrogens (tertiary/aromatic N) is 5. The molecule has 1 N–H and O–H groups in total. The molecule has 0 saturated carbocycles. The van der Waals surface area contributed by atoms with Gasteiger partial charge in [0.1, 0.15) is 0 Å². The molecule has 2 fully saturated rings. The predicted octanol–water partition coefficient (Wildman–Crippen LogP) is 2.56. The molecule has 2 saturated heterocycles. The molecule has 1 amide bonds. The normalized spacial score (nSPS) is 19.7. The van der Waals surface area contributed by atoms with Gasteiger partial charge in [-0.3, -0.25) is 14.6 Å². The molecule has 2 aliphatic rings. The fraction of sp³-hybridized carbons (Fsp3) is 0.522. The van der Waals surface area contributed by atoms with Gasteiger partial charge in [-0.2, -0.15) is 16.9 Å². The molecular weight excluding hydrogens is 408 g/mol. The molecule has 1 aromatic carbocycles. The summed E-state index contributed by atoms with van der Waals surface area (Å²) < 4.78 is 0. The molecule has 0 radical (unpaired) electrons. The van der Waals surface area contributed by atoms with Crippen LogP contribution in [0.5, 0.6) is 0 Å². The van der Waals surface area contributed by atoms with Gasteiger partial charge in [-0.25, -0.2) is 0 Å². The van der Waals surface area contributed by atoms with Gasteiger partial charge >= 0.3 is 0 Å². The summed E-state index contributed by atoms with van der Waals surface area (Å²) in [5.74, 6) is 3.36. The van der Waals surface area contributed by atoms with E-state index < -0.39 is 0 Å². The second kappa shape index (κ2) is 10.9. The first-order chi connectivity index (χ1) is 15.2. The molecule has 1 atom stereocenters. The van der Waals surface area contributed by atoms with Gasteiger partial charge in [0.2, 0.25) is 5.91 Å². The summed E-state index contributed by atoms with van der Waals surface area (Å²) in [4.78, 5) is 19.5. The van der Waals surface area contributed by atoms with E-state index in [1.54, 1.807) is 6.20 Å². The Morgan fingerprint density at radius 2 is 2.10 bits per heavy atom. The fourth-order valence-electron chi connectivity index (χ4n) is 4.41. The van der Waals surface area contributed by atoms with Crippen molar-refractivity contribution in [3.63, 3.8) is 0 Å². The van der Waals surface area contributed by atoms with Crippen molar-refractivity contribution in [3.8, 4) is 0 Å². The Morgan fingerprint density at radius 1 is 1.23 bits per heavy atom. The number of carbonyl (C=O) groups is 1. The molecular formula is C23H32N6OS. The number of hydrogen-bond acceptors (Lipinski definition) is 7. The average molecular weight is 441 g/mol. The number of amides is 1. The van der Waals surface area contributed by atoms with Gasteiger partial charge in [0.25, 0.3) is 0 Å². The van der Waals surface area contributed by atoms with Crippen LogP contribution in [-0.4, -0.2) is 83.2 Å². The largest absolute Gasteiger partial charge is 0.351 e. The molecule has 3 heterocycles. The number of aromatic nitrogens is 2. The van der Waals surface area contributed by atoms with Crippen molar-refractivity contribution in [2.45, 2.75) is 25.4 Å². The summed E-state index contributed by atoms with van der Waals surface area (Å²) in [5, 5.41) is 11.3. The highest BCUT2D eigenvalue weighted by atomic mass is 32.2. The molecule has 8 heteroatoms. The van der Waals surface area contributed by atoms with Crippen LogP contribution < -0.4 is 10.2 Å². The van der Waals surface area contributed by atoms with E-state index >= 15 is 0 Å². The van der Waals surface area contributed by atoms with E-state index in [-0.39, 0.29) is 5.91 Å². The molecule has 7 nitrogen and oxygen atoms in total. The van der Waals surface area contributed by atoms with Crippen molar-refractivity contribution in [2.24, 2.45) is 0 Å². The van der Waals surface area contributed by atoms with Gasteiger partial charge in [-0.15, -0.1) is 5.10 Å². The van der Waals surface area contributed by atoms with Crippen LogP contribution in [0.2, 0.25) is 0 Å². The SMILES string of the molecule is CN(CC(=O)Nc1cccc(CN2CCSCC2)c1)CC1CCCN1c1cccnn1. The Labute approximate surface area is 189 Å². The first kappa shape index (κ1) is 22.0. The number of likely N-dealkylation sites (N-methyl/N-ethyl adjacent to an activating group) is 1. The Bertz CT molecular complexity index is 845. The minimum atomic E-state index is 0.0260. The van der Waals surface area contributed by atoms with Crippen LogP contribution in [0.4, 0.5) is 11.5 Å². The maximum absolute atomic E-state index is 12.6. The second-order valence-corrected chi connectivity index (χ2v) is 9.63. The molecule has 31 heavy (non-hydrogen) atoms. The monoisotopic (exact) mass is 440 g/mol. The van der Waals surface area contributed by atoms with Gasteiger partial charge < -0.3 is 10.2 Å². The lowest BCUT2D eigenvalue weighted by molar-refractivity contribution is -0.117. The topological polar surface area (TPSA) is 64.6 Å². The molecule has 166 valence electrons. The summed E-state index contributed by atoms with van der Waals surface area (Å²) in [6, 6.07) is 12.5. The Balaban J connectivity index is 1.27. The van der Waals surface area contributed by atoms with Crippen LogP contribution in [0.25, 0.3) is 0 Å². The Hall–Kier alpha value is -2.16. The fourth-order valence-corrected chi connectivity index (χ4v) is 5.39. The van der Waals surface area contributed by atoms with E-state index in [2.05, 4.69) is 42.3 Å². The van der Waals surface area contributed by atoms with Crippen molar-refractivity contribution in [1.82, 2.24) is 20.0 Å². The van der Waals surface area contributed by atoms with Gasteiger partial charge in [0, 0.05) is 62.2 Å². The van der Waals surface area contributed by atoms with E-state index in [4.69, 9.17) is 0 Å². The zero-order valence-electron chi connectivity index (χ0n) is 18.2. The van der Waals surface area contributed by atoms with Crippen molar-refractivity contribution in [1.29, 1.82) is 0 Å². The van der Waals surface area contributed by atoms with Crippen molar-refractivity contribution >= 4 is 29.2 Å². The van der Waals surface area contributed by atoms with Crippen molar-refractivity contribution < 1.29 is 4.79 Å². The zero-order chi connectivity index (χ0) is 21.5. The van der Waals surface area contributed by atoms with Crippen LogP contribution in [0.15, 0.2) is 42.6 Å². The molecule has 1 aromatic heterocycles. The molecule has 4 rings (SSSR count). The van der Waals surface area contributed by atoms with Crippen LogP contribution in [-0.2, 0) is 11.3 Å². The number of nitrogens with one attached hydrogen (secondary N) is 1. The number of hydrogen-bond donors (Lipinski definition) is 1. The summed E-state index contributed by atoms with van der Waals surface area (Å²) in [6.45, 7) is 5.42. The third kappa shape index (κ3) is 6.41. The first-order valence-corrected chi connectivity index (χ1v) is 12.2. The number of anilines is 2. The average Bonchev–Trinajstić information content (AvgIpc) is 3.23. The van der Waals surface area contributed by atoms with E-state index in [1.165, 1.54) is 17.1 Å². The highest BCUT2D eigenvalue weighted by Gasteiger charge is 2.27. The van der Waals surface area contributed by atoms with Gasteiger partial charge in [0.05, 0.1) is 6.54 Å². The quantitative estimate of drug-likeness (QED) is 0.677. The van der Waals surface area contributed by atoms with E-state index in [0.717, 1.165) is 57.1 Å². The lowest BCUT2D eigenvalue weighted by atomic mass is 10.2. The van der Waals surface area contributed by atoms with Crippen LogP contribution in [0.3, 0.4) is 0 Å². The smallest absolute Gasteiger partial charge is 0.238 e. The Kier molecular flexibility index (Phi) is 7.77. The number of benzene rings is 1. The van der Waals surface area contributed by atoms with E-state index in [9.17, 15) is 4.79 Å². The predicted molar refractivity (Wildman–Crippen MR) is 128 cm³/mol. The number of rotatable bonds is 8. The summed E-state index contributed by atoms with van der Waals surface area (Å²) in [6.07, 6.45) is 3.95. The maximum Gasteiger partial charge on any atom is 0.238 e. The standard InChI is InChI=1S/C23H32N6OS/c1-27(17-21-7-4-10-29(21)22-8-3-9-24-26-22)18-23(30)25-20-6-2-5-19(15-20)16-28-11-13-31-14-12-28/h2-3,5-6,8-9,15,21H,4,7,10-14,16-18H2,1H3,(H,25,30). The van der Waals surface area contributed by atoms with Crippen molar-refractivity contribution in [3.05, 3.63) is 48.2 Å². The first-order valence-electron chi connectivity index (χ1n) is 11.1. The molecule has 0 aliphatic carbocycles. The van der Waals surface area contributed by atoms with Gasteiger partial charge in [0.15, 0.2) is 5.82 Å². The molecule has 2 aliphatic heterocycles. The highest BCUT2D eigenvalue weighted by Crippen LogP contribution is 2.23. The molecule has 2 aromatic rings. The Morgan fingerprint density at radius 3 is 2.90 bits per heavy atom. The van der Waals surface area contributed by atoms with Crippen molar-refractivity contribution in [2.75, 3.05) is 61.5 Å². The summed E-state index contributed by atoms with van der Waals surface area (Å²) in [5.41, 5.74) is 2.13. The lowest BCUT2D eigenvalue weighted by Crippen LogP contribution is -2.42. The third-order valence-electron chi connectivity index (χ3n) is 5.89. The maximum atomic E-state index is 12.6. The van der Waals surface area contributed by atoms with Gasteiger partial charge in [-0.05, 0) is 49.7 Å². The van der Waals surface area contributed by atoms with Gasteiger partial charge in [-0.1, -0.05) is 12.1 Å². The van der Waals surface area contributed by atoms with Crippen LogP contribution >= 0.6 is 11.8 Å². The second-order valence-electron chi connectivity index (χ2n) is 8.41. The third-order valence-corrected chi connectivity index (χ3v) is 6.83. The lowest BCUT2D eigenvalue weighted by Gasteiger charge is -2.29. The van der Waals surface area contributed by atoms with E-state index in [1.807, 2.05) is 43.1 Å². The number of thioether (sulfide) groups is 1. The van der Waals surface area contributed by atoms with Crippen LogP contribution in [0, 0.1) is 0 Å². The zero-order valence-corrected chi connectivity index (χ0v) is 19.1. The highest BCUT2D eigenvalue weighted by molar-refractivity contribution is 7.99. The molecule has 1 unspecified atom stereocenters.